The number of nitrogens with zero attached hydrogens (tertiary/aromatic N) is 3. The Morgan fingerprint density at radius 3 is 2.63 bits per heavy atom. The van der Waals surface area contributed by atoms with Crippen molar-refractivity contribution in [1.82, 2.24) is 20.7 Å². The number of piperidine rings is 1. The zero-order chi connectivity index (χ0) is 19.7. The maximum absolute atomic E-state index is 12.4. The lowest BCUT2D eigenvalue weighted by molar-refractivity contribution is -0.148. The van der Waals surface area contributed by atoms with E-state index < -0.39 is 12.7 Å². The van der Waals surface area contributed by atoms with Crippen LogP contribution in [0.25, 0.3) is 0 Å². The van der Waals surface area contributed by atoms with Gasteiger partial charge in [-0.05, 0) is 51.6 Å². The third-order valence-electron chi connectivity index (χ3n) is 4.66. The van der Waals surface area contributed by atoms with Crippen LogP contribution in [0.1, 0.15) is 44.6 Å². The minimum absolute atomic E-state index is 0.415. The lowest BCUT2D eigenvalue weighted by Gasteiger charge is -2.32. The van der Waals surface area contributed by atoms with E-state index in [-0.39, 0.29) is 0 Å². The van der Waals surface area contributed by atoms with Gasteiger partial charge in [-0.25, -0.2) is 4.99 Å². The van der Waals surface area contributed by atoms with E-state index >= 15 is 0 Å². The predicted octanol–water partition coefficient (Wildman–Crippen LogP) is 2.96. The molecule has 0 spiro atoms. The molecule has 0 radical (unpaired) electrons. The van der Waals surface area contributed by atoms with Gasteiger partial charge in [-0.3, -0.25) is 4.90 Å². The first-order valence-corrected chi connectivity index (χ1v) is 9.65. The second-order valence-corrected chi connectivity index (χ2v) is 6.88. The maximum Gasteiger partial charge on any atom is 0.401 e. The average molecular weight is 389 g/mol. The summed E-state index contributed by atoms with van der Waals surface area (Å²) in [6.07, 6.45) is -0.737. The molecule has 0 amide bonds. The van der Waals surface area contributed by atoms with Crippen LogP contribution in [0.15, 0.2) is 15.6 Å². The molecule has 1 aliphatic heterocycles. The second-order valence-electron chi connectivity index (χ2n) is 6.88. The number of hydrogen-bond acceptors (Lipinski definition) is 4. The fourth-order valence-electron chi connectivity index (χ4n) is 3.18. The first-order chi connectivity index (χ1) is 12.9. The van der Waals surface area contributed by atoms with E-state index in [0.29, 0.717) is 31.5 Å². The van der Waals surface area contributed by atoms with Crippen molar-refractivity contribution in [2.45, 2.75) is 52.3 Å². The van der Waals surface area contributed by atoms with Crippen molar-refractivity contribution >= 4 is 5.96 Å². The van der Waals surface area contributed by atoms with E-state index in [4.69, 9.17) is 4.52 Å². The van der Waals surface area contributed by atoms with Gasteiger partial charge in [0.05, 0.1) is 12.2 Å². The third-order valence-corrected chi connectivity index (χ3v) is 4.66. The van der Waals surface area contributed by atoms with Gasteiger partial charge in [-0.2, -0.15) is 13.2 Å². The maximum atomic E-state index is 12.4. The molecule has 2 N–H and O–H groups in total. The Kier molecular flexibility index (Phi) is 8.40. The highest BCUT2D eigenvalue weighted by Crippen LogP contribution is 2.23. The monoisotopic (exact) mass is 389 g/mol. The molecule has 6 nitrogen and oxygen atoms in total. The number of halogens is 3. The van der Waals surface area contributed by atoms with E-state index in [1.807, 2.05) is 19.9 Å². The highest BCUT2D eigenvalue weighted by Gasteiger charge is 2.32. The van der Waals surface area contributed by atoms with Gasteiger partial charge in [0.2, 0.25) is 0 Å². The third kappa shape index (κ3) is 8.19. The SMILES string of the molecule is CCNC(=NCc1cc(CC)no1)NCCC1CCN(CC(F)(F)F)CC1. The highest BCUT2D eigenvalue weighted by atomic mass is 19.4. The average Bonchev–Trinajstić information content (AvgIpc) is 3.08. The summed E-state index contributed by atoms with van der Waals surface area (Å²) in [7, 11) is 0. The van der Waals surface area contributed by atoms with E-state index in [9.17, 15) is 13.2 Å². The van der Waals surface area contributed by atoms with E-state index in [1.165, 1.54) is 4.90 Å². The van der Waals surface area contributed by atoms with Crippen molar-refractivity contribution in [3.05, 3.63) is 17.5 Å². The molecular formula is C18H30F3N5O. The Labute approximate surface area is 158 Å². The van der Waals surface area contributed by atoms with Gasteiger partial charge in [0.25, 0.3) is 0 Å². The van der Waals surface area contributed by atoms with Crippen LogP contribution in [0.5, 0.6) is 0 Å². The highest BCUT2D eigenvalue weighted by molar-refractivity contribution is 5.79. The Morgan fingerprint density at radius 2 is 2.04 bits per heavy atom. The van der Waals surface area contributed by atoms with Gasteiger partial charge < -0.3 is 15.2 Å². The molecule has 1 aliphatic rings. The molecule has 0 bridgehead atoms. The molecule has 0 atom stereocenters. The molecule has 0 aliphatic carbocycles. The van der Waals surface area contributed by atoms with Crippen molar-refractivity contribution in [3.63, 3.8) is 0 Å². The lowest BCUT2D eigenvalue weighted by Crippen LogP contribution is -2.41. The summed E-state index contributed by atoms with van der Waals surface area (Å²) in [5, 5.41) is 10.4. The molecule has 9 heteroatoms. The molecule has 1 fully saturated rings. The van der Waals surface area contributed by atoms with Crippen LogP contribution in [0.3, 0.4) is 0 Å². The number of aromatic nitrogens is 1. The van der Waals surface area contributed by atoms with Gasteiger partial charge >= 0.3 is 6.18 Å². The first kappa shape index (κ1) is 21.5. The van der Waals surface area contributed by atoms with Gasteiger partial charge in [-0.1, -0.05) is 12.1 Å². The topological polar surface area (TPSA) is 65.7 Å². The summed E-state index contributed by atoms with van der Waals surface area (Å²) in [6.45, 7) is 6.16. The van der Waals surface area contributed by atoms with Crippen LogP contribution in [0.2, 0.25) is 0 Å². The standard InChI is InChI=1S/C18H30F3N5O/c1-3-15-11-16(27-25-15)12-24-17(22-4-2)23-8-5-14-6-9-26(10-7-14)13-18(19,20)21/h11,14H,3-10,12-13H2,1-2H3,(H2,22,23,24). The molecular weight excluding hydrogens is 359 g/mol. The summed E-state index contributed by atoms with van der Waals surface area (Å²) < 4.78 is 42.5. The number of hydrogen-bond donors (Lipinski definition) is 2. The number of likely N-dealkylation sites (tertiary alicyclic amines) is 1. The molecule has 1 saturated heterocycles. The Bertz CT molecular complexity index is 580. The van der Waals surface area contributed by atoms with Crippen molar-refractivity contribution in [1.29, 1.82) is 0 Å². The molecule has 0 aromatic carbocycles. The first-order valence-electron chi connectivity index (χ1n) is 9.65. The molecule has 1 aromatic rings. The zero-order valence-corrected chi connectivity index (χ0v) is 16.1. The number of nitrogens with one attached hydrogen (secondary N) is 2. The lowest BCUT2D eigenvalue weighted by atomic mass is 9.93. The number of alkyl halides is 3. The van der Waals surface area contributed by atoms with Crippen molar-refractivity contribution in [2.24, 2.45) is 10.9 Å². The Balaban J connectivity index is 1.70. The summed E-state index contributed by atoms with van der Waals surface area (Å²) in [5.41, 5.74) is 0.912. The number of aliphatic imine (C=N–C) groups is 1. The number of guanidine groups is 1. The summed E-state index contributed by atoms with van der Waals surface area (Å²) >= 11 is 0. The molecule has 2 rings (SSSR count). The van der Waals surface area contributed by atoms with Gasteiger partial charge in [0.15, 0.2) is 11.7 Å². The van der Waals surface area contributed by atoms with Gasteiger partial charge in [0, 0.05) is 19.2 Å². The fraction of sp³-hybridized carbons (Fsp3) is 0.778. The predicted molar refractivity (Wildman–Crippen MR) is 98.5 cm³/mol. The van der Waals surface area contributed by atoms with Crippen LogP contribution in [-0.4, -0.2) is 54.9 Å². The second kappa shape index (κ2) is 10.5. The number of rotatable bonds is 8. The minimum Gasteiger partial charge on any atom is -0.359 e. The van der Waals surface area contributed by atoms with Crippen LogP contribution >= 0.6 is 0 Å². The molecule has 0 unspecified atom stereocenters. The zero-order valence-electron chi connectivity index (χ0n) is 16.1. The van der Waals surface area contributed by atoms with E-state index in [2.05, 4.69) is 20.8 Å². The van der Waals surface area contributed by atoms with Crippen LogP contribution in [0, 0.1) is 5.92 Å². The summed E-state index contributed by atoms with van der Waals surface area (Å²) in [6, 6.07) is 1.90. The summed E-state index contributed by atoms with van der Waals surface area (Å²) in [5.74, 6) is 1.88. The van der Waals surface area contributed by atoms with Crippen molar-refractivity contribution in [2.75, 3.05) is 32.7 Å². The molecule has 0 saturated carbocycles. The normalized spacial score (nSPS) is 17.3. The quantitative estimate of drug-likeness (QED) is 0.529. The largest absolute Gasteiger partial charge is 0.401 e. The molecule has 2 heterocycles. The summed E-state index contributed by atoms with van der Waals surface area (Å²) in [4.78, 5) is 5.99. The smallest absolute Gasteiger partial charge is 0.359 e. The van der Waals surface area contributed by atoms with E-state index in [0.717, 1.165) is 50.2 Å². The molecule has 1 aromatic heterocycles. The van der Waals surface area contributed by atoms with Crippen molar-refractivity contribution < 1.29 is 17.7 Å². The van der Waals surface area contributed by atoms with Crippen LogP contribution in [0.4, 0.5) is 13.2 Å². The molecule has 27 heavy (non-hydrogen) atoms. The van der Waals surface area contributed by atoms with Crippen LogP contribution < -0.4 is 10.6 Å². The fourth-order valence-corrected chi connectivity index (χ4v) is 3.18. The minimum atomic E-state index is -4.10. The molecule has 154 valence electrons. The van der Waals surface area contributed by atoms with Crippen molar-refractivity contribution in [3.8, 4) is 0 Å². The Hall–Kier alpha value is -1.77. The Morgan fingerprint density at radius 1 is 1.30 bits per heavy atom. The number of aryl methyl sites for hydroxylation is 1. The van der Waals surface area contributed by atoms with Gasteiger partial charge in [0.1, 0.15) is 6.54 Å². The van der Waals surface area contributed by atoms with Crippen LogP contribution in [-0.2, 0) is 13.0 Å². The van der Waals surface area contributed by atoms with E-state index in [1.54, 1.807) is 0 Å². The van der Waals surface area contributed by atoms with Gasteiger partial charge in [-0.15, -0.1) is 0 Å².